The second kappa shape index (κ2) is 15.1. The minimum Gasteiger partial charge on any atom is -0.343 e. The van der Waals surface area contributed by atoms with Gasteiger partial charge in [-0.05, 0) is 0 Å². The van der Waals surface area contributed by atoms with Crippen LogP contribution in [-0.2, 0) is 0 Å². The SMILES string of the molecule is [CH2-]CCCCCCCCCC.[K+]. The van der Waals surface area contributed by atoms with Crippen LogP contribution in [0.2, 0.25) is 0 Å². The van der Waals surface area contributed by atoms with Crippen molar-refractivity contribution in [2.45, 2.75) is 64.7 Å². The third kappa shape index (κ3) is 14.2. The van der Waals surface area contributed by atoms with Crippen molar-refractivity contribution < 1.29 is 51.4 Å². The maximum atomic E-state index is 3.83. The van der Waals surface area contributed by atoms with Gasteiger partial charge in [-0.15, -0.1) is 0 Å². The van der Waals surface area contributed by atoms with Gasteiger partial charge in [0.2, 0.25) is 0 Å². The van der Waals surface area contributed by atoms with E-state index in [2.05, 4.69) is 13.8 Å². The monoisotopic (exact) mass is 194 g/mol. The van der Waals surface area contributed by atoms with Gasteiger partial charge in [0.1, 0.15) is 0 Å². The Morgan fingerprint density at radius 1 is 0.750 bits per heavy atom. The summed E-state index contributed by atoms with van der Waals surface area (Å²) in [6.45, 7) is 6.10. The first-order chi connectivity index (χ1) is 5.41. The fourth-order valence-corrected chi connectivity index (χ4v) is 1.31. The molecule has 1 heteroatoms. The van der Waals surface area contributed by atoms with E-state index < -0.39 is 0 Å². The van der Waals surface area contributed by atoms with Gasteiger partial charge in [0.15, 0.2) is 0 Å². The van der Waals surface area contributed by atoms with E-state index in [0.29, 0.717) is 0 Å². The quantitative estimate of drug-likeness (QED) is 0.311. The molecule has 68 valence electrons. The first-order valence-corrected chi connectivity index (χ1v) is 5.21. The van der Waals surface area contributed by atoms with E-state index in [1.807, 2.05) is 0 Å². The van der Waals surface area contributed by atoms with E-state index in [-0.39, 0.29) is 51.4 Å². The summed E-state index contributed by atoms with van der Waals surface area (Å²) in [6.07, 6.45) is 12.4. The fourth-order valence-electron chi connectivity index (χ4n) is 1.31. The Morgan fingerprint density at radius 2 is 1.17 bits per heavy atom. The average molecular weight is 194 g/mol. The number of hydrogen-bond donors (Lipinski definition) is 0. The van der Waals surface area contributed by atoms with Gasteiger partial charge in [0.25, 0.3) is 0 Å². The van der Waals surface area contributed by atoms with Crippen LogP contribution in [-0.4, -0.2) is 0 Å². The van der Waals surface area contributed by atoms with Gasteiger partial charge in [-0.25, -0.2) is 0 Å². The predicted molar refractivity (Wildman–Crippen MR) is 52.6 cm³/mol. The molecule has 0 saturated carbocycles. The third-order valence-corrected chi connectivity index (χ3v) is 2.10. The number of hydrogen-bond acceptors (Lipinski definition) is 0. The molecular weight excluding hydrogens is 171 g/mol. The maximum Gasteiger partial charge on any atom is 1.00 e. The molecule has 0 fully saturated rings. The summed E-state index contributed by atoms with van der Waals surface area (Å²) in [7, 11) is 0. The Balaban J connectivity index is 0. The Hall–Kier alpha value is 1.64. The second-order valence-electron chi connectivity index (χ2n) is 3.33. The standard InChI is InChI=1S/C11H23.K/c1-3-5-7-9-11-10-8-6-4-2;/h1,3-11H2,2H3;/q-1;+1. The molecule has 0 saturated heterocycles. The van der Waals surface area contributed by atoms with Gasteiger partial charge in [-0.1, -0.05) is 58.3 Å². The van der Waals surface area contributed by atoms with Crippen molar-refractivity contribution >= 4 is 0 Å². The van der Waals surface area contributed by atoms with Crippen molar-refractivity contribution in [2.24, 2.45) is 0 Å². The summed E-state index contributed by atoms with van der Waals surface area (Å²) in [4.78, 5) is 0. The first kappa shape index (κ1) is 16.1. The van der Waals surface area contributed by atoms with Crippen LogP contribution in [0.3, 0.4) is 0 Å². The molecule has 0 aromatic carbocycles. The van der Waals surface area contributed by atoms with Crippen LogP contribution in [0.1, 0.15) is 64.7 Å². The van der Waals surface area contributed by atoms with Crippen LogP contribution in [0, 0.1) is 6.92 Å². The van der Waals surface area contributed by atoms with E-state index >= 15 is 0 Å². The van der Waals surface area contributed by atoms with Crippen LogP contribution in [0.25, 0.3) is 0 Å². The predicted octanol–water partition coefficient (Wildman–Crippen LogP) is 1.36. The van der Waals surface area contributed by atoms with Crippen LogP contribution >= 0.6 is 0 Å². The largest absolute Gasteiger partial charge is 1.00 e. The molecule has 0 unspecified atom stereocenters. The topological polar surface area (TPSA) is 0 Å². The van der Waals surface area contributed by atoms with Crippen molar-refractivity contribution in [3.05, 3.63) is 6.92 Å². The number of unbranched alkanes of at least 4 members (excludes halogenated alkanes) is 8. The summed E-state index contributed by atoms with van der Waals surface area (Å²) in [5, 5.41) is 0. The van der Waals surface area contributed by atoms with Crippen molar-refractivity contribution in [1.29, 1.82) is 0 Å². The molecule has 0 nitrogen and oxygen atoms in total. The molecule has 0 aliphatic heterocycles. The Labute approximate surface area is 121 Å². The maximum absolute atomic E-state index is 3.83. The molecule has 0 aromatic rings. The summed E-state index contributed by atoms with van der Waals surface area (Å²) >= 11 is 0. The molecule has 0 spiro atoms. The summed E-state index contributed by atoms with van der Waals surface area (Å²) in [6, 6.07) is 0. The van der Waals surface area contributed by atoms with Gasteiger partial charge in [0, 0.05) is 0 Å². The van der Waals surface area contributed by atoms with E-state index in [1.165, 1.54) is 51.4 Å². The molecule has 0 atom stereocenters. The normalized spacial score (nSPS) is 9.50. The minimum atomic E-state index is 0. The van der Waals surface area contributed by atoms with Crippen molar-refractivity contribution in [2.75, 3.05) is 0 Å². The molecule has 0 heterocycles. The zero-order chi connectivity index (χ0) is 8.36. The fraction of sp³-hybridized carbons (Fsp3) is 0.909. The van der Waals surface area contributed by atoms with E-state index in [0.717, 1.165) is 6.42 Å². The smallest absolute Gasteiger partial charge is 0.343 e. The molecule has 0 radical (unpaired) electrons. The van der Waals surface area contributed by atoms with E-state index in [4.69, 9.17) is 0 Å². The molecule has 0 rings (SSSR count). The van der Waals surface area contributed by atoms with Crippen LogP contribution in [0.15, 0.2) is 0 Å². The minimum absolute atomic E-state index is 0. The molecule has 0 bridgehead atoms. The Bertz CT molecular complexity index is 54.0. The molecular formula is C11H23K. The van der Waals surface area contributed by atoms with Crippen molar-refractivity contribution in [3.63, 3.8) is 0 Å². The molecule has 0 aliphatic carbocycles. The summed E-state index contributed by atoms with van der Waals surface area (Å²) < 4.78 is 0. The van der Waals surface area contributed by atoms with Crippen molar-refractivity contribution in [3.8, 4) is 0 Å². The molecule has 0 aromatic heterocycles. The van der Waals surface area contributed by atoms with Gasteiger partial charge >= 0.3 is 51.4 Å². The van der Waals surface area contributed by atoms with Gasteiger partial charge < -0.3 is 6.92 Å². The molecule has 12 heavy (non-hydrogen) atoms. The Morgan fingerprint density at radius 3 is 1.58 bits per heavy atom. The molecule has 0 amide bonds. The van der Waals surface area contributed by atoms with E-state index in [1.54, 1.807) is 0 Å². The van der Waals surface area contributed by atoms with Gasteiger partial charge in [-0.3, -0.25) is 0 Å². The van der Waals surface area contributed by atoms with Gasteiger partial charge in [-0.2, -0.15) is 6.42 Å². The zero-order valence-electron chi connectivity index (χ0n) is 9.07. The Kier molecular flexibility index (Phi) is 20.3. The molecule has 0 N–H and O–H groups in total. The summed E-state index contributed by atoms with van der Waals surface area (Å²) in [5.74, 6) is 0. The number of rotatable bonds is 8. The van der Waals surface area contributed by atoms with Gasteiger partial charge in [0.05, 0.1) is 0 Å². The van der Waals surface area contributed by atoms with E-state index in [9.17, 15) is 0 Å². The third-order valence-electron chi connectivity index (χ3n) is 2.10. The average Bonchev–Trinajstić information content (AvgIpc) is 2.03. The van der Waals surface area contributed by atoms with Crippen LogP contribution in [0.5, 0.6) is 0 Å². The van der Waals surface area contributed by atoms with Crippen LogP contribution < -0.4 is 51.4 Å². The summed E-state index contributed by atoms with van der Waals surface area (Å²) in [5.41, 5.74) is 0. The first-order valence-electron chi connectivity index (χ1n) is 5.21. The van der Waals surface area contributed by atoms with Crippen LogP contribution in [0.4, 0.5) is 0 Å². The molecule has 0 aliphatic rings. The van der Waals surface area contributed by atoms with Crippen molar-refractivity contribution in [1.82, 2.24) is 0 Å². The second-order valence-corrected chi connectivity index (χ2v) is 3.33. The zero-order valence-corrected chi connectivity index (χ0v) is 12.2.